The molecule has 3 saturated carbocycles. The van der Waals surface area contributed by atoms with Crippen LogP contribution in [0.2, 0.25) is 0 Å². The third-order valence-electron chi connectivity index (χ3n) is 9.36. The molecule has 0 bridgehead atoms. The highest BCUT2D eigenvalue weighted by Crippen LogP contribution is 2.72. The molecular formula is C26H35F3O5S. The van der Waals surface area contributed by atoms with Gasteiger partial charge in [0, 0.05) is 29.1 Å². The van der Waals surface area contributed by atoms with Crippen molar-refractivity contribution in [1.82, 2.24) is 0 Å². The Morgan fingerprint density at radius 1 is 1.31 bits per heavy atom. The Labute approximate surface area is 208 Å². The number of thioether (sulfide) groups is 1. The number of aliphatic hydroxyl groups is 1. The molecule has 0 aromatic heterocycles. The number of hydrogen-bond donors (Lipinski definition) is 1. The third kappa shape index (κ3) is 3.44. The minimum atomic E-state index is -2.24. The molecule has 3 N–H and O–H groups in total. The van der Waals surface area contributed by atoms with Crippen LogP contribution >= 0.6 is 11.8 Å². The summed E-state index contributed by atoms with van der Waals surface area (Å²) in [5.41, 5.74) is -6.28. The minimum Gasteiger partial charge on any atom is -0.483 e. The van der Waals surface area contributed by atoms with Gasteiger partial charge in [-0.3, -0.25) is 9.59 Å². The van der Waals surface area contributed by atoms with Gasteiger partial charge in [0.05, 0.1) is 11.9 Å². The molecule has 0 unspecified atom stereocenters. The zero-order valence-corrected chi connectivity index (χ0v) is 21.4. The van der Waals surface area contributed by atoms with Gasteiger partial charge < -0.3 is 15.3 Å². The number of hydrogen-bond acceptors (Lipinski definition) is 5. The van der Waals surface area contributed by atoms with Crippen LogP contribution in [-0.4, -0.2) is 51.0 Å². The molecule has 0 spiro atoms. The first-order valence-corrected chi connectivity index (χ1v) is 12.9. The van der Waals surface area contributed by atoms with Crippen LogP contribution in [0.5, 0.6) is 0 Å². The number of carbonyl (C=O) groups is 2. The molecular weight excluding hydrogens is 481 g/mol. The number of allylic oxidation sites excluding steroid dienone is 5. The molecule has 4 rings (SSSR count). The van der Waals surface area contributed by atoms with E-state index in [1.165, 1.54) is 19.1 Å². The minimum absolute atomic E-state index is 0. The predicted molar refractivity (Wildman–Crippen MR) is 129 cm³/mol. The molecule has 35 heavy (non-hydrogen) atoms. The molecule has 0 amide bonds. The van der Waals surface area contributed by atoms with Crippen molar-refractivity contribution in [2.24, 2.45) is 28.6 Å². The van der Waals surface area contributed by atoms with Gasteiger partial charge in [0.1, 0.15) is 12.2 Å². The highest BCUT2D eigenvalue weighted by Gasteiger charge is 2.78. The normalized spacial score (nSPS) is 46.0. The lowest BCUT2D eigenvalue weighted by Gasteiger charge is -2.63. The Hall–Kier alpha value is -1.58. The van der Waals surface area contributed by atoms with E-state index in [9.17, 15) is 19.1 Å². The molecule has 4 aliphatic rings. The van der Waals surface area contributed by atoms with Crippen molar-refractivity contribution >= 4 is 22.7 Å². The van der Waals surface area contributed by atoms with Crippen LogP contribution in [-0.2, 0) is 14.3 Å². The molecule has 0 aliphatic heterocycles. The van der Waals surface area contributed by atoms with E-state index in [2.05, 4.69) is 6.58 Å². The summed E-state index contributed by atoms with van der Waals surface area (Å²) in [6.07, 6.45) is 1.13. The summed E-state index contributed by atoms with van der Waals surface area (Å²) in [6.45, 7) is 10.9. The first kappa shape index (κ1) is 28.0. The fourth-order valence-electron chi connectivity index (χ4n) is 7.67. The molecule has 3 fully saturated rings. The molecule has 0 aromatic carbocycles. The van der Waals surface area contributed by atoms with Gasteiger partial charge in [-0.15, -0.1) is 0 Å². The number of rotatable bonds is 5. The quantitative estimate of drug-likeness (QED) is 0.539. The smallest absolute Gasteiger partial charge is 0.235 e. The fraction of sp³-hybridized carbons (Fsp3) is 0.692. The summed E-state index contributed by atoms with van der Waals surface area (Å²) in [6, 6.07) is -0.938. The predicted octanol–water partition coefficient (Wildman–Crippen LogP) is 4.59. The second-order valence-corrected chi connectivity index (χ2v) is 11.6. The van der Waals surface area contributed by atoms with Crippen LogP contribution in [0.25, 0.3) is 0 Å². The van der Waals surface area contributed by atoms with Crippen molar-refractivity contribution in [3.63, 3.8) is 0 Å². The van der Waals surface area contributed by atoms with E-state index in [4.69, 9.17) is 4.74 Å². The molecule has 5 nitrogen and oxygen atoms in total. The summed E-state index contributed by atoms with van der Waals surface area (Å²) < 4.78 is 52.4. The molecule has 9 heteroatoms. The summed E-state index contributed by atoms with van der Waals surface area (Å²) in [5, 5.41) is 10.9. The Kier molecular flexibility index (Phi) is 7.25. The van der Waals surface area contributed by atoms with Gasteiger partial charge in [0.25, 0.3) is 0 Å². The molecule has 4 aliphatic carbocycles. The summed E-state index contributed by atoms with van der Waals surface area (Å²) >= 11 is 0.507. The van der Waals surface area contributed by atoms with E-state index in [-0.39, 0.29) is 23.9 Å². The molecule has 9 atom stereocenters. The van der Waals surface area contributed by atoms with E-state index in [0.29, 0.717) is 30.4 Å². The number of aliphatic hydroxyl groups excluding tert-OH is 1. The molecule has 0 heterocycles. The zero-order chi connectivity index (χ0) is 25.3. The number of carbonyl (C=O) groups excluding carboxylic acids is 2. The van der Waals surface area contributed by atoms with E-state index in [1.807, 2.05) is 13.8 Å². The van der Waals surface area contributed by atoms with Crippen LogP contribution in [0.1, 0.15) is 53.4 Å². The van der Waals surface area contributed by atoms with E-state index < -0.39 is 69.0 Å². The molecule has 0 aromatic rings. The summed E-state index contributed by atoms with van der Waals surface area (Å²) in [7, 11) is 0. The number of halogens is 3. The fourth-order valence-corrected chi connectivity index (χ4v) is 8.46. The Morgan fingerprint density at radius 3 is 2.57 bits per heavy atom. The first-order chi connectivity index (χ1) is 15.8. The second kappa shape index (κ2) is 9.06. The van der Waals surface area contributed by atoms with Crippen molar-refractivity contribution in [3.8, 4) is 0 Å². The van der Waals surface area contributed by atoms with Crippen LogP contribution in [0.15, 0.2) is 36.1 Å². The van der Waals surface area contributed by atoms with Gasteiger partial charge in [0.2, 0.25) is 5.12 Å². The van der Waals surface area contributed by atoms with Gasteiger partial charge in [-0.25, -0.2) is 13.2 Å². The van der Waals surface area contributed by atoms with Gasteiger partial charge >= 0.3 is 0 Å². The van der Waals surface area contributed by atoms with Gasteiger partial charge in [-0.1, -0.05) is 33.4 Å². The van der Waals surface area contributed by atoms with Crippen molar-refractivity contribution in [3.05, 3.63) is 36.1 Å². The lowest BCUT2D eigenvalue weighted by molar-refractivity contribution is -0.223. The van der Waals surface area contributed by atoms with Crippen molar-refractivity contribution < 1.29 is 38.1 Å². The average Bonchev–Trinajstić information content (AvgIpc) is 2.99. The van der Waals surface area contributed by atoms with Crippen molar-refractivity contribution in [2.45, 2.75) is 76.9 Å². The maximum atomic E-state index is 17.3. The SMILES string of the molecule is C=C(CC)O[C@]1(C(=O)SCF)[C@H](C)C[C@H]2[C@@H]3C[C@H](F)C4=CC(=O)C=C[C@]4(C)[C@@]3(F)[C@@H](O)C[C@@]21C.O. The Balaban J connectivity index is 0.00000342. The van der Waals surface area contributed by atoms with Gasteiger partial charge in [-0.05, 0) is 61.6 Å². The van der Waals surface area contributed by atoms with E-state index >= 15 is 8.78 Å². The van der Waals surface area contributed by atoms with Crippen molar-refractivity contribution in [2.75, 3.05) is 6.01 Å². The first-order valence-electron chi connectivity index (χ1n) is 11.9. The van der Waals surface area contributed by atoms with Crippen LogP contribution in [0, 0.1) is 28.6 Å². The zero-order valence-electron chi connectivity index (χ0n) is 20.6. The number of ether oxygens (including phenoxy) is 1. The highest BCUT2D eigenvalue weighted by atomic mass is 32.2. The lowest BCUT2D eigenvalue weighted by atomic mass is 9.44. The van der Waals surface area contributed by atoms with Gasteiger partial charge in [-0.2, -0.15) is 0 Å². The number of fused-ring (bicyclic) bond motifs is 5. The molecule has 0 radical (unpaired) electrons. The summed E-state index contributed by atoms with van der Waals surface area (Å²) in [5.74, 6) is -1.92. The third-order valence-corrected chi connectivity index (χ3v) is 10.0. The Bertz CT molecular complexity index is 984. The number of ketones is 1. The maximum absolute atomic E-state index is 17.3. The standard InChI is InChI=1S/C26H33F3O4S.H2O/c1-6-15(3)33-26(22(32)34-13-27)14(2)9-17-18-11-20(28)19-10-16(30)7-8-23(19,4)25(18,29)21(31)12-24(17,26)5;/h7-8,10,14,17-18,20-21,31H,3,6,9,11-13H2,1-2,4-5H3;1H2/t14-,17+,18+,20+,21+,23+,24+,25+,26+;/m1./s1. The topological polar surface area (TPSA) is 95.1 Å². The average molecular weight is 517 g/mol. The molecule has 0 saturated heterocycles. The van der Waals surface area contributed by atoms with Crippen LogP contribution in [0.4, 0.5) is 13.2 Å². The lowest BCUT2D eigenvalue weighted by Crippen LogP contribution is -2.70. The van der Waals surface area contributed by atoms with E-state index in [0.717, 1.165) is 6.08 Å². The van der Waals surface area contributed by atoms with Crippen LogP contribution in [0.3, 0.4) is 0 Å². The van der Waals surface area contributed by atoms with Gasteiger partial charge in [0.15, 0.2) is 17.1 Å². The number of alkyl halides is 3. The molecule has 196 valence electrons. The largest absolute Gasteiger partial charge is 0.483 e. The second-order valence-electron chi connectivity index (χ2n) is 10.8. The van der Waals surface area contributed by atoms with Crippen molar-refractivity contribution in [1.29, 1.82) is 0 Å². The highest BCUT2D eigenvalue weighted by molar-refractivity contribution is 8.13. The Morgan fingerprint density at radius 2 is 1.97 bits per heavy atom. The monoisotopic (exact) mass is 516 g/mol. The van der Waals surface area contributed by atoms with E-state index in [1.54, 1.807) is 6.92 Å². The summed E-state index contributed by atoms with van der Waals surface area (Å²) in [4.78, 5) is 25.4. The maximum Gasteiger partial charge on any atom is 0.235 e. The van der Waals surface area contributed by atoms with Crippen LogP contribution < -0.4 is 0 Å².